The number of anilines is 1. The first-order chi connectivity index (χ1) is 8.82. The summed E-state index contributed by atoms with van der Waals surface area (Å²) in [6.45, 7) is 9.23. The van der Waals surface area contributed by atoms with Crippen molar-refractivity contribution in [3.05, 3.63) is 21.7 Å². The molecule has 0 bridgehead atoms. The summed E-state index contributed by atoms with van der Waals surface area (Å²) in [5, 5.41) is 4.25. The van der Waals surface area contributed by atoms with Gasteiger partial charge < -0.3 is 5.73 Å². The summed E-state index contributed by atoms with van der Waals surface area (Å²) in [4.78, 5) is 9.04. The molecule has 0 saturated carbocycles. The molecular formula is C13H18IN5. The molecule has 0 amide bonds. The van der Waals surface area contributed by atoms with Crippen LogP contribution in [0.3, 0.4) is 0 Å². The van der Waals surface area contributed by atoms with E-state index < -0.39 is 0 Å². The molecule has 0 aromatic carbocycles. The highest BCUT2D eigenvalue weighted by Gasteiger charge is 2.23. The predicted octanol–water partition coefficient (Wildman–Crippen LogP) is 2.84. The van der Waals surface area contributed by atoms with Crippen LogP contribution in [0.25, 0.3) is 11.4 Å². The van der Waals surface area contributed by atoms with Gasteiger partial charge in [-0.05, 0) is 29.5 Å². The largest absolute Gasteiger partial charge is 0.383 e. The molecular weight excluding hydrogens is 353 g/mol. The quantitative estimate of drug-likeness (QED) is 0.825. The molecule has 2 rings (SSSR count). The number of aryl methyl sites for hydroxylation is 1. The molecule has 2 aromatic rings. The van der Waals surface area contributed by atoms with Crippen molar-refractivity contribution in [3.8, 4) is 11.4 Å². The first kappa shape index (κ1) is 14.2. The van der Waals surface area contributed by atoms with E-state index in [1.807, 2.05) is 17.8 Å². The van der Waals surface area contributed by atoms with Crippen LogP contribution in [0.1, 0.15) is 33.4 Å². The maximum absolute atomic E-state index is 6.01. The minimum atomic E-state index is -0.0664. The monoisotopic (exact) mass is 371 g/mol. The van der Waals surface area contributed by atoms with Gasteiger partial charge in [0.15, 0.2) is 5.82 Å². The van der Waals surface area contributed by atoms with Gasteiger partial charge in [0.25, 0.3) is 0 Å². The van der Waals surface area contributed by atoms with Gasteiger partial charge in [-0.2, -0.15) is 5.10 Å². The van der Waals surface area contributed by atoms with Crippen LogP contribution in [-0.4, -0.2) is 19.7 Å². The summed E-state index contributed by atoms with van der Waals surface area (Å²) < 4.78 is 2.78. The SMILES string of the molecule is CCn1cc(-c2nc(N)c(I)c(C(C)(C)C)n2)cn1. The Morgan fingerprint density at radius 1 is 1.32 bits per heavy atom. The van der Waals surface area contributed by atoms with Crippen molar-refractivity contribution in [1.82, 2.24) is 19.7 Å². The van der Waals surface area contributed by atoms with Crippen molar-refractivity contribution < 1.29 is 0 Å². The fourth-order valence-corrected chi connectivity index (χ4v) is 2.79. The minimum Gasteiger partial charge on any atom is -0.383 e. The van der Waals surface area contributed by atoms with E-state index in [0.717, 1.165) is 21.4 Å². The molecule has 0 unspecified atom stereocenters. The molecule has 0 aliphatic carbocycles. The van der Waals surface area contributed by atoms with Crippen LogP contribution in [0.15, 0.2) is 12.4 Å². The van der Waals surface area contributed by atoms with E-state index in [-0.39, 0.29) is 5.41 Å². The number of halogens is 1. The maximum Gasteiger partial charge on any atom is 0.165 e. The number of nitrogen functional groups attached to an aromatic ring is 1. The van der Waals surface area contributed by atoms with Crippen molar-refractivity contribution in [2.24, 2.45) is 0 Å². The van der Waals surface area contributed by atoms with E-state index >= 15 is 0 Å². The van der Waals surface area contributed by atoms with Crippen LogP contribution in [0.4, 0.5) is 5.82 Å². The second-order valence-corrected chi connectivity index (χ2v) is 6.51. The van der Waals surface area contributed by atoms with Crippen molar-refractivity contribution in [1.29, 1.82) is 0 Å². The standard InChI is InChI=1S/C13H18IN5/c1-5-19-7-8(6-16-19)12-17-10(13(2,3)4)9(14)11(15)18-12/h6-7H,5H2,1-4H3,(H2,15,17,18). The second-order valence-electron chi connectivity index (χ2n) is 5.43. The lowest BCUT2D eigenvalue weighted by Gasteiger charge is -2.20. The van der Waals surface area contributed by atoms with E-state index in [4.69, 9.17) is 5.73 Å². The van der Waals surface area contributed by atoms with Crippen molar-refractivity contribution >= 4 is 28.4 Å². The summed E-state index contributed by atoms with van der Waals surface area (Å²) in [7, 11) is 0. The fourth-order valence-electron chi connectivity index (χ4n) is 1.74. The molecule has 0 spiro atoms. The summed E-state index contributed by atoms with van der Waals surface area (Å²) in [6.07, 6.45) is 3.71. The van der Waals surface area contributed by atoms with Crippen LogP contribution in [0.5, 0.6) is 0 Å². The highest BCUT2D eigenvalue weighted by Crippen LogP contribution is 2.30. The average molecular weight is 371 g/mol. The third-order valence-corrected chi connectivity index (χ3v) is 3.87. The minimum absolute atomic E-state index is 0.0664. The number of hydrogen-bond acceptors (Lipinski definition) is 4. The molecule has 0 aliphatic heterocycles. The highest BCUT2D eigenvalue weighted by atomic mass is 127. The van der Waals surface area contributed by atoms with Gasteiger partial charge in [-0.25, -0.2) is 9.97 Å². The summed E-state index contributed by atoms with van der Waals surface area (Å²) in [6, 6.07) is 0. The fraction of sp³-hybridized carbons (Fsp3) is 0.462. The average Bonchev–Trinajstić information content (AvgIpc) is 2.79. The van der Waals surface area contributed by atoms with Gasteiger partial charge in [0, 0.05) is 18.2 Å². The molecule has 0 fully saturated rings. The van der Waals surface area contributed by atoms with E-state index in [2.05, 4.69) is 58.4 Å². The predicted molar refractivity (Wildman–Crippen MR) is 84.8 cm³/mol. The van der Waals surface area contributed by atoms with Crippen LogP contribution >= 0.6 is 22.6 Å². The first-order valence-corrected chi connectivity index (χ1v) is 7.27. The van der Waals surface area contributed by atoms with Gasteiger partial charge in [0.05, 0.1) is 21.0 Å². The molecule has 0 saturated heterocycles. The van der Waals surface area contributed by atoms with Crippen LogP contribution in [0.2, 0.25) is 0 Å². The van der Waals surface area contributed by atoms with Crippen molar-refractivity contribution in [2.75, 3.05) is 5.73 Å². The number of rotatable bonds is 2. The Morgan fingerprint density at radius 2 is 2.00 bits per heavy atom. The Balaban J connectivity index is 2.56. The van der Waals surface area contributed by atoms with Crippen LogP contribution < -0.4 is 5.73 Å². The number of aromatic nitrogens is 4. The van der Waals surface area contributed by atoms with E-state index in [9.17, 15) is 0 Å². The smallest absolute Gasteiger partial charge is 0.165 e. The molecule has 19 heavy (non-hydrogen) atoms. The van der Waals surface area contributed by atoms with Crippen molar-refractivity contribution in [2.45, 2.75) is 39.7 Å². The number of hydrogen-bond donors (Lipinski definition) is 1. The zero-order valence-corrected chi connectivity index (χ0v) is 13.8. The third-order valence-electron chi connectivity index (χ3n) is 2.80. The zero-order valence-electron chi connectivity index (χ0n) is 11.6. The molecule has 0 radical (unpaired) electrons. The van der Waals surface area contributed by atoms with E-state index in [1.165, 1.54) is 0 Å². The van der Waals surface area contributed by atoms with Crippen molar-refractivity contribution in [3.63, 3.8) is 0 Å². The number of nitrogens with zero attached hydrogens (tertiary/aromatic N) is 4. The lowest BCUT2D eigenvalue weighted by Crippen LogP contribution is -2.18. The third kappa shape index (κ3) is 2.88. The molecule has 5 nitrogen and oxygen atoms in total. The molecule has 2 heterocycles. The Morgan fingerprint density at radius 3 is 2.53 bits per heavy atom. The number of nitrogens with two attached hydrogens (primary N) is 1. The molecule has 0 aliphatic rings. The van der Waals surface area contributed by atoms with Gasteiger partial charge in [0.2, 0.25) is 0 Å². The van der Waals surface area contributed by atoms with Gasteiger partial charge >= 0.3 is 0 Å². The highest BCUT2D eigenvalue weighted by molar-refractivity contribution is 14.1. The van der Waals surface area contributed by atoms with E-state index in [1.54, 1.807) is 6.20 Å². The van der Waals surface area contributed by atoms with Gasteiger partial charge in [-0.3, -0.25) is 4.68 Å². The second kappa shape index (κ2) is 5.07. The topological polar surface area (TPSA) is 69.6 Å². The van der Waals surface area contributed by atoms with Gasteiger partial charge in [0.1, 0.15) is 5.82 Å². The first-order valence-electron chi connectivity index (χ1n) is 6.19. The molecule has 0 atom stereocenters. The Bertz CT molecular complexity index is 598. The Kier molecular flexibility index (Phi) is 3.80. The maximum atomic E-state index is 6.01. The zero-order chi connectivity index (χ0) is 14.2. The van der Waals surface area contributed by atoms with Gasteiger partial charge in [-0.15, -0.1) is 0 Å². The van der Waals surface area contributed by atoms with E-state index in [0.29, 0.717) is 11.6 Å². The molecule has 102 valence electrons. The lowest BCUT2D eigenvalue weighted by molar-refractivity contribution is 0.564. The van der Waals surface area contributed by atoms with Crippen LogP contribution in [-0.2, 0) is 12.0 Å². The summed E-state index contributed by atoms with van der Waals surface area (Å²) >= 11 is 2.21. The molecule has 2 N–H and O–H groups in total. The summed E-state index contributed by atoms with van der Waals surface area (Å²) in [5.74, 6) is 1.17. The Hall–Kier alpha value is -1.18. The van der Waals surface area contributed by atoms with Gasteiger partial charge in [-0.1, -0.05) is 20.8 Å². The summed E-state index contributed by atoms with van der Waals surface area (Å²) in [5.41, 5.74) is 7.81. The Labute approximate surface area is 126 Å². The molecule has 6 heteroatoms. The normalized spacial score (nSPS) is 11.8. The van der Waals surface area contributed by atoms with Crippen LogP contribution in [0, 0.1) is 3.57 Å². The molecule has 2 aromatic heterocycles. The lowest BCUT2D eigenvalue weighted by atomic mass is 9.92.